The van der Waals surface area contributed by atoms with Crippen molar-refractivity contribution in [1.29, 1.82) is 0 Å². The lowest BCUT2D eigenvalue weighted by Gasteiger charge is -2.34. The van der Waals surface area contributed by atoms with Gasteiger partial charge in [0.25, 0.3) is 5.91 Å². The topological polar surface area (TPSA) is 86.6 Å². The predicted molar refractivity (Wildman–Crippen MR) is 137 cm³/mol. The van der Waals surface area contributed by atoms with E-state index in [1.165, 1.54) is 29.1 Å². The third kappa shape index (κ3) is 5.07. The van der Waals surface area contributed by atoms with E-state index in [9.17, 15) is 9.59 Å². The molecule has 0 radical (unpaired) electrons. The van der Waals surface area contributed by atoms with Crippen LogP contribution in [-0.4, -0.2) is 83.5 Å². The molecule has 1 aromatic heterocycles. The molecule has 188 valence electrons. The Morgan fingerprint density at radius 2 is 1.86 bits per heavy atom. The molecule has 2 aliphatic heterocycles. The van der Waals surface area contributed by atoms with Gasteiger partial charge in [-0.2, -0.15) is 0 Å². The zero-order valence-corrected chi connectivity index (χ0v) is 21.0. The van der Waals surface area contributed by atoms with Crippen LogP contribution in [0, 0.1) is 5.82 Å². The van der Waals surface area contributed by atoms with Crippen molar-refractivity contribution in [3.63, 3.8) is 0 Å². The van der Waals surface area contributed by atoms with Crippen LogP contribution < -0.4 is 15.1 Å². The summed E-state index contributed by atoms with van der Waals surface area (Å²) in [5.41, 5.74) is 2.08. The second-order valence-electron chi connectivity index (χ2n) is 9.05. The van der Waals surface area contributed by atoms with E-state index in [1.54, 1.807) is 11.7 Å². The second kappa shape index (κ2) is 10.3. The lowest BCUT2D eigenvalue weighted by Crippen LogP contribution is -2.48. The van der Waals surface area contributed by atoms with Crippen molar-refractivity contribution in [3.8, 4) is 0 Å². The molecular formula is C25H28FN7O2S. The number of halogens is 1. The van der Waals surface area contributed by atoms with E-state index in [0.717, 1.165) is 36.6 Å². The second-order valence-corrected chi connectivity index (χ2v) is 10.1. The Balaban J connectivity index is 1.28. The van der Waals surface area contributed by atoms with Gasteiger partial charge in [-0.3, -0.25) is 9.59 Å². The summed E-state index contributed by atoms with van der Waals surface area (Å²) >= 11 is 1.43. The van der Waals surface area contributed by atoms with Crippen molar-refractivity contribution < 1.29 is 14.0 Å². The first-order valence-electron chi connectivity index (χ1n) is 11.8. The van der Waals surface area contributed by atoms with Crippen molar-refractivity contribution in [2.24, 2.45) is 0 Å². The molecule has 11 heteroatoms. The van der Waals surface area contributed by atoms with Crippen LogP contribution in [0.25, 0.3) is 0 Å². The first-order chi connectivity index (χ1) is 17.4. The number of benzene rings is 2. The maximum atomic E-state index is 15.1. The maximum Gasteiger partial charge on any atom is 0.291 e. The molecule has 0 bridgehead atoms. The molecule has 2 amide bonds. The molecule has 2 aromatic carbocycles. The highest BCUT2D eigenvalue weighted by atomic mass is 32.2. The minimum atomic E-state index is -0.795. The molecule has 0 aliphatic carbocycles. The summed E-state index contributed by atoms with van der Waals surface area (Å²) in [6, 6.07) is 12.2. The molecule has 0 spiro atoms. The average Bonchev–Trinajstić information content (AvgIpc) is 3.32. The average molecular weight is 510 g/mol. The molecule has 3 aromatic rings. The van der Waals surface area contributed by atoms with Crippen LogP contribution >= 0.6 is 11.8 Å². The van der Waals surface area contributed by atoms with Gasteiger partial charge >= 0.3 is 0 Å². The Bertz CT molecular complexity index is 1260. The number of hydrogen-bond donors (Lipinski definition) is 1. The molecular weight excluding hydrogens is 481 g/mol. The van der Waals surface area contributed by atoms with Crippen molar-refractivity contribution in [1.82, 2.24) is 25.0 Å². The Kier molecular flexibility index (Phi) is 6.92. The fourth-order valence-corrected chi connectivity index (χ4v) is 5.48. The first-order valence-corrected chi connectivity index (χ1v) is 12.8. The third-order valence-corrected chi connectivity index (χ3v) is 7.64. The van der Waals surface area contributed by atoms with Gasteiger partial charge in [0.15, 0.2) is 0 Å². The van der Waals surface area contributed by atoms with Gasteiger partial charge in [0, 0.05) is 49.9 Å². The third-order valence-electron chi connectivity index (χ3n) is 6.50. The van der Waals surface area contributed by atoms with Crippen LogP contribution in [0.1, 0.15) is 16.2 Å². The van der Waals surface area contributed by atoms with Crippen LogP contribution in [0.2, 0.25) is 0 Å². The van der Waals surface area contributed by atoms with Gasteiger partial charge in [-0.15, -0.1) is 16.9 Å². The lowest BCUT2D eigenvalue weighted by atomic mass is 10.2. The van der Waals surface area contributed by atoms with E-state index < -0.39 is 11.9 Å². The molecule has 1 N–H and O–H groups in total. The molecule has 3 heterocycles. The van der Waals surface area contributed by atoms with Gasteiger partial charge < -0.3 is 20.0 Å². The normalized spacial score (nSPS) is 18.6. The fourth-order valence-electron chi connectivity index (χ4n) is 4.37. The van der Waals surface area contributed by atoms with Gasteiger partial charge in [0.1, 0.15) is 18.2 Å². The van der Waals surface area contributed by atoms with E-state index in [0.29, 0.717) is 23.7 Å². The summed E-state index contributed by atoms with van der Waals surface area (Å²) in [4.78, 5) is 36.6. The number of carbonyl (C=O) groups is 2. The van der Waals surface area contributed by atoms with Gasteiger partial charge in [-0.25, -0.2) is 14.1 Å². The van der Waals surface area contributed by atoms with E-state index in [2.05, 4.69) is 27.3 Å². The van der Waals surface area contributed by atoms with Gasteiger partial charge in [0.05, 0.1) is 17.9 Å². The maximum absolute atomic E-state index is 15.1. The molecule has 1 saturated heterocycles. The van der Waals surface area contributed by atoms with Gasteiger partial charge in [-0.05, 0) is 18.7 Å². The number of nitrogens with zero attached hydrogens (tertiary/aromatic N) is 6. The quantitative estimate of drug-likeness (QED) is 0.564. The minimum absolute atomic E-state index is 0.00320. The summed E-state index contributed by atoms with van der Waals surface area (Å²) in [6.45, 7) is 3.71. The van der Waals surface area contributed by atoms with Crippen molar-refractivity contribution in [3.05, 3.63) is 66.0 Å². The highest BCUT2D eigenvalue weighted by molar-refractivity contribution is 7.99. The lowest BCUT2D eigenvalue weighted by molar-refractivity contribution is -0.119. The van der Waals surface area contributed by atoms with E-state index in [4.69, 9.17) is 0 Å². The highest BCUT2D eigenvalue weighted by Crippen LogP contribution is 2.38. The largest absolute Gasteiger partial charge is 0.367 e. The van der Waals surface area contributed by atoms with E-state index >= 15 is 4.39 Å². The Morgan fingerprint density at radius 1 is 1.11 bits per heavy atom. The molecule has 36 heavy (non-hydrogen) atoms. The Hall–Kier alpha value is -3.44. The molecule has 1 atom stereocenters. The number of rotatable bonds is 5. The Morgan fingerprint density at radius 3 is 2.61 bits per heavy atom. The zero-order chi connectivity index (χ0) is 25.2. The summed E-state index contributed by atoms with van der Waals surface area (Å²) in [5.74, 6) is -0.874. The van der Waals surface area contributed by atoms with Crippen molar-refractivity contribution in [2.45, 2.75) is 17.5 Å². The standard InChI is InChI=1S/C25H28FN7O2S/c1-30-8-10-32(11-9-30)20-13-22-21(12-18(20)26)31(2)25(35)19(15-36-22)28-24(34)23-27-16-33(29-23)14-17-6-4-3-5-7-17/h3-7,12-13,16,19H,8-11,14-15H2,1-2H3,(H,28,34)/t19-/m0/s1. The van der Waals surface area contributed by atoms with Crippen LogP contribution in [0.4, 0.5) is 15.8 Å². The van der Waals surface area contributed by atoms with Crippen molar-refractivity contribution >= 4 is 35.0 Å². The molecule has 1 fully saturated rings. The predicted octanol–water partition coefficient (Wildman–Crippen LogP) is 2.08. The molecule has 0 unspecified atom stereocenters. The number of likely N-dealkylation sites (N-methyl/N-ethyl adjacent to an activating group) is 2. The van der Waals surface area contributed by atoms with Crippen LogP contribution in [-0.2, 0) is 11.3 Å². The number of fused-ring (bicyclic) bond motifs is 1. The number of thioether (sulfide) groups is 1. The number of carbonyl (C=O) groups excluding carboxylic acids is 2. The summed E-state index contributed by atoms with van der Waals surface area (Å²) in [6.07, 6.45) is 1.50. The smallest absolute Gasteiger partial charge is 0.291 e. The summed E-state index contributed by atoms with van der Waals surface area (Å²) in [5, 5.41) is 7.03. The number of amides is 2. The summed E-state index contributed by atoms with van der Waals surface area (Å²) < 4.78 is 16.7. The van der Waals surface area contributed by atoms with Crippen LogP contribution in [0.5, 0.6) is 0 Å². The van der Waals surface area contributed by atoms with E-state index in [1.807, 2.05) is 41.3 Å². The highest BCUT2D eigenvalue weighted by Gasteiger charge is 2.32. The first kappa shape index (κ1) is 24.3. The number of nitrogens with one attached hydrogen (secondary N) is 1. The minimum Gasteiger partial charge on any atom is -0.367 e. The molecule has 9 nitrogen and oxygen atoms in total. The van der Waals surface area contributed by atoms with Gasteiger partial charge in [-0.1, -0.05) is 30.3 Å². The van der Waals surface area contributed by atoms with Crippen LogP contribution in [0.3, 0.4) is 0 Å². The molecule has 0 saturated carbocycles. The molecule has 5 rings (SSSR count). The number of anilines is 2. The number of hydrogen-bond acceptors (Lipinski definition) is 7. The fraction of sp³-hybridized carbons (Fsp3) is 0.360. The molecule has 2 aliphatic rings. The monoisotopic (exact) mass is 509 g/mol. The summed E-state index contributed by atoms with van der Waals surface area (Å²) in [7, 11) is 3.66. The Labute approximate surface area is 213 Å². The zero-order valence-electron chi connectivity index (χ0n) is 20.2. The van der Waals surface area contributed by atoms with Crippen LogP contribution in [0.15, 0.2) is 53.7 Å². The SMILES string of the molecule is CN1CCN(c2cc3c(cc2F)N(C)C(=O)[C@@H](NC(=O)c2ncn(Cc4ccccc4)n2)CS3)CC1. The van der Waals surface area contributed by atoms with Crippen molar-refractivity contribution in [2.75, 3.05) is 55.8 Å². The number of aromatic nitrogens is 3. The van der Waals surface area contributed by atoms with Gasteiger partial charge in [0.2, 0.25) is 11.7 Å². The number of piperazine rings is 1. The van der Waals surface area contributed by atoms with E-state index in [-0.39, 0.29) is 17.5 Å².